The van der Waals surface area contributed by atoms with Gasteiger partial charge >= 0.3 is 0 Å². The van der Waals surface area contributed by atoms with Crippen molar-refractivity contribution in [1.82, 2.24) is 0 Å². The van der Waals surface area contributed by atoms with Gasteiger partial charge < -0.3 is 4.74 Å². The van der Waals surface area contributed by atoms with Crippen LogP contribution in [-0.2, 0) is 0 Å². The zero-order valence-corrected chi connectivity index (χ0v) is 9.65. The maximum atomic E-state index is 13.4. The summed E-state index contributed by atoms with van der Waals surface area (Å²) in [6.45, 7) is 0. The molecule has 76 valence electrons. The van der Waals surface area contributed by atoms with Gasteiger partial charge in [0.25, 0.3) is 0 Å². The van der Waals surface area contributed by atoms with Crippen LogP contribution in [0.4, 0.5) is 4.39 Å². The van der Waals surface area contributed by atoms with Crippen molar-refractivity contribution in [2.75, 3.05) is 13.0 Å². The zero-order valence-electron chi connectivity index (χ0n) is 7.31. The number of rotatable bonds is 3. The molecule has 0 amide bonds. The molecule has 14 heavy (non-hydrogen) atoms. The number of halogens is 3. The van der Waals surface area contributed by atoms with Crippen molar-refractivity contribution in [3.8, 4) is 5.75 Å². The highest BCUT2D eigenvalue weighted by Gasteiger charge is 2.15. The Bertz CT molecular complexity index is 368. The minimum Gasteiger partial charge on any atom is -0.494 e. The van der Waals surface area contributed by atoms with Gasteiger partial charge in [-0.1, -0.05) is 0 Å². The van der Waals surface area contributed by atoms with Gasteiger partial charge in [-0.2, -0.15) is 0 Å². The molecule has 0 heterocycles. The highest BCUT2D eigenvalue weighted by molar-refractivity contribution is 9.10. The molecule has 0 aliphatic carbocycles. The molecule has 5 heteroatoms. The first-order chi connectivity index (χ1) is 6.61. The van der Waals surface area contributed by atoms with Gasteiger partial charge in [0.05, 0.1) is 17.5 Å². The van der Waals surface area contributed by atoms with Gasteiger partial charge in [0, 0.05) is 5.56 Å². The quantitative estimate of drug-likeness (QED) is 0.629. The number of carbonyl (C=O) groups is 1. The summed E-state index contributed by atoms with van der Waals surface area (Å²) in [6.07, 6.45) is 0. The fourth-order valence-corrected chi connectivity index (χ4v) is 1.67. The molecular weight excluding hydrogens is 274 g/mol. The van der Waals surface area contributed by atoms with E-state index >= 15 is 0 Å². The van der Waals surface area contributed by atoms with E-state index in [0.29, 0.717) is 0 Å². The molecule has 0 aliphatic rings. The SMILES string of the molecule is COc1ccc(C(=O)CCl)c(Br)c1F. The van der Waals surface area contributed by atoms with E-state index in [1.807, 2.05) is 0 Å². The van der Waals surface area contributed by atoms with Crippen LogP contribution in [0.1, 0.15) is 10.4 Å². The number of hydrogen-bond donors (Lipinski definition) is 0. The van der Waals surface area contributed by atoms with Crippen molar-refractivity contribution < 1.29 is 13.9 Å². The molecule has 1 aromatic rings. The first kappa shape index (κ1) is 11.5. The maximum Gasteiger partial charge on any atom is 0.179 e. The van der Waals surface area contributed by atoms with Gasteiger partial charge in [0.2, 0.25) is 0 Å². The third-order valence-electron chi connectivity index (χ3n) is 1.69. The first-order valence-electron chi connectivity index (χ1n) is 3.73. The third kappa shape index (κ3) is 2.07. The van der Waals surface area contributed by atoms with Gasteiger partial charge in [-0.3, -0.25) is 4.79 Å². The number of ketones is 1. The Morgan fingerprint density at radius 2 is 2.29 bits per heavy atom. The molecule has 0 spiro atoms. The second-order valence-electron chi connectivity index (χ2n) is 2.50. The minimum absolute atomic E-state index is 0.0856. The predicted molar refractivity (Wildman–Crippen MR) is 55.7 cm³/mol. The minimum atomic E-state index is -0.594. The molecule has 2 nitrogen and oxygen atoms in total. The average molecular weight is 282 g/mol. The molecule has 0 saturated heterocycles. The molecular formula is C9H7BrClFO2. The summed E-state index contributed by atoms with van der Waals surface area (Å²) in [5.74, 6) is -1.02. The van der Waals surface area contributed by atoms with Crippen molar-refractivity contribution in [2.24, 2.45) is 0 Å². The highest BCUT2D eigenvalue weighted by atomic mass is 79.9. The van der Waals surface area contributed by atoms with Crippen LogP contribution in [0.3, 0.4) is 0 Å². The van der Waals surface area contributed by atoms with Gasteiger partial charge in [-0.25, -0.2) is 4.39 Å². The maximum absolute atomic E-state index is 13.4. The second-order valence-corrected chi connectivity index (χ2v) is 3.56. The van der Waals surface area contributed by atoms with Gasteiger partial charge in [0.1, 0.15) is 0 Å². The summed E-state index contributed by atoms with van der Waals surface area (Å²) in [5, 5.41) is 0. The van der Waals surface area contributed by atoms with E-state index in [4.69, 9.17) is 16.3 Å². The fourth-order valence-electron chi connectivity index (χ4n) is 0.977. The number of ether oxygens (including phenoxy) is 1. The van der Waals surface area contributed by atoms with E-state index in [1.165, 1.54) is 19.2 Å². The third-order valence-corrected chi connectivity index (χ3v) is 2.71. The Kier molecular flexibility index (Phi) is 3.89. The Labute approximate surface area is 94.1 Å². The standard InChI is InChI=1S/C9H7BrClFO2/c1-14-7-3-2-5(6(13)4-11)8(10)9(7)12/h2-3H,4H2,1H3. The second kappa shape index (κ2) is 4.75. The molecule has 0 radical (unpaired) electrons. The van der Waals surface area contributed by atoms with Gasteiger partial charge in [-0.15, -0.1) is 11.6 Å². The smallest absolute Gasteiger partial charge is 0.179 e. The predicted octanol–water partition coefficient (Wildman–Crippen LogP) is 3.02. The Hall–Kier alpha value is -0.610. The summed E-state index contributed by atoms with van der Waals surface area (Å²) in [4.78, 5) is 11.2. The molecule has 0 saturated carbocycles. The van der Waals surface area contributed by atoms with Gasteiger partial charge in [-0.05, 0) is 28.1 Å². The highest BCUT2D eigenvalue weighted by Crippen LogP contribution is 2.28. The number of alkyl halides is 1. The number of Topliss-reactive ketones (excluding diaryl/α,β-unsaturated/α-hetero) is 1. The topological polar surface area (TPSA) is 26.3 Å². The van der Waals surface area contributed by atoms with Crippen LogP contribution in [0.15, 0.2) is 16.6 Å². The number of methoxy groups -OCH3 is 1. The summed E-state index contributed by atoms with van der Waals surface area (Å²) in [5.41, 5.74) is 0.221. The van der Waals surface area contributed by atoms with Crippen molar-refractivity contribution in [2.45, 2.75) is 0 Å². The Morgan fingerprint density at radius 1 is 1.64 bits per heavy atom. The number of carbonyl (C=O) groups excluding carboxylic acids is 1. The molecule has 0 atom stereocenters. The van der Waals surface area contributed by atoms with Crippen LogP contribution < -0.4 is 4.74 Å². The van der Waals surface area contributed by atoms with E-state index in [9.17, 15) is 9.18 Å². The molecule has 1 rings (SSSR count). The normalized spacial score (nSPS) is 10.0. The fraction of sp³-hybridized carbons (Fsp3) is 0.222. The molecule has 1 aromatic carbocycles. The van der Waals surface area contributed by atoms with Crippen LogP contribution >= 0.6 is 27.5 Å². The molecule has 0 unspecified atom stereocenters. The van der Waals surface area contributed by atoms with Crippen molar-refractivity contribution >= 4 is 33.3 Å². The van der Waals surface area contributed by atoms with Crippen molar-refractivity contribution in [3.05, 3.63) is 28.0 Å². The number of hydrogen-bond acceptors (Lipinski definition) is 2. The number of benzene rings is 1. The van der Waals surface area contributed by atoms with Crippen molar-refractivity contribution in [3.63, 3.8) is 0 Å². The molecule has 0 fully saturated rings. The Morgan fingerprint density at radius 3 is 2.79 bits per heavy atom. The molecule has 0 aromatic heterocycles. The Balaban J connectivity index is 3.24. The molecule has 0 N–H and O–H groups in total. The lowest BCUT2D eigenvalue weighted by atomic mass is 10.1. The van der Waals surface area contributed by atoms with Crippen LogP contribution in [0, 0.1) is 5.82 Å². The molecule has 0 aliphatic heterocycles. The lowest BCUT2D eigenvalue weighted by Crippen LogP contribution is -2.03. The van der Waals surface area contributed by atoms with Crippen molar-refractivity contribution in [1.29, 1.82) is 0 Å². The summed E-state index contributed by atoms with van der Waals surface area (Å²) >= 11 is 8.34. The monoisotopic (exact) mass is 280 g/mol. The lowest BCUT2D eigenvalue weighted by Gasteiger charge is -2.06. The van der Waals surface area contributed by atoms with Crippen LogP contribution in [0.25, 0.3) is 0 Å². The van der Waals surface area contributed by atoms with E-state index in [2.05, 4.69) is 15.9 Å². The van der Waals surface area contributed by atoms with Gasteiger partial charge in [0.15, 0.2) is 17.3 Å². The molecule has 0 bridgehead atoms. The summed E-state index contributed by atoms with van der Waals surface area (Å²) in [7, 11) is 1.36. The summed E-state index contributed by atoms with van der Waals surface area (Å²) in [6, 6.07) is 2.86. The summed E-state index contributed by atoms with van der Waals surface area (Å²) < 4.78 is 18.2. The first-order valence-corrected chi connectivity index (χ1v) is 5.05. The average Bonchev–Trinajstić information content (AvgIpc) is 2.21. The van der Waals surface area contributed by atoms with Crippen LogP contribution in [-0.4, -0.2) is 18.8 Å². The van der Waals surface area contributed by atoms with E-state index in [-0.39, 0.29) is 27.4 Å². The largest absolute Gasteiger partial charge is 0.494 e. The zero-order chi connectivity index (χ0) is 10.7. The van der Waals surface area contributed by atoms with Crippen LogP contribution in [0.5, 0.6) is 5.75 Å². The lowest BCUT2D eigenvalue weighted by molar-refractivity contribution is 0.101. The van der Waals surface area contributed by atoms with E-state index in [1.54, 1.807) is 0 Å². The van der Waals surface area contributed by atoms with Crippen LogP contribution in [0.2, 0.25) is 0 Å². The van der Waals surface area contributed by atoms with E-state index < -0.39 is 5.82 Å². The van der Waals surface area contributed by atoms with E-state index in [0.717, 1.165) is 0 Å².